The Kier molecular flexibility index (Phi) is 4.37. The van der Waals surface area contributed by atoms with E-state index in [0.717, 1.165) is 19.4 Å². The van der Waals surface area contributed by atoms with E-state index in [9.17, 15) is 8.42 Å². The van der Waals surface area contributed by atoms with Gasteiger partial charge >= 0.3 is 0 Å². The van der Waals surface area contributed by atoms with Gasteiger partial charge in [0.25, 0.3) is 0 Å². The van der Waals surface area contributed by atoms with Crippen LogP contribution in [-0.4, -0.2) is 44.7 Å². The molecule has 0 aromatic rings. The molecule has 0 aliphatic carbocycles. The highest BCUT2D eigenvalue weighted by Crippen LogP contribution is 2.16. The molecule has 0 spiro atoms. The molecule has 0 saturated carbocycles. The SMILES string of the molecule is CC(C)(C)CNC1CCN(S(C)(=O)=O)CC1. The van der Waals surface area contributed by atoms with E-state index in [1.165, 1.54) is 6.26 Å². The van der Waals surface area contributed by atoms with Gasteiger partial charge in [0.2, 0.25) is 10.0 Å². The van der Waals surface area contributed by atoms with Crippen molar-refractivity contribution < 1.29 is 8.42 Å². The Bertz CT molecular complexity index is 311. The normalized spacial score (nSPS) is 21.2. The molecule has 0 aromatic heterocycles. The molecule has 0 atom stereocenters. The summed E-state index contributed by atoms with van der Waals surface area (Å²) in [5, 5.41) is 3.51. The third kappa shape index (κ3) is 4.80. The van der Waals surface area contributed by atoms with Gasteiger partial charge in [-0.25, -0.2) is 12.7 Å². The smallest absolute Gasteiger partial charge is 0.211 e. The number of nitrogens with one attached hydrogen (secondary N) is 1. The molecule has 96 valence electrons. The average molecular weight is 248 g/mol. The summed E-state index contributed by atoms with van der Waals surface area (Å²) in [4.78, 5) is 0. The van der Waals surface area contributed by atoms with Crippen LogP contribution in [-0.2, 0) is 10.0 Å². The summed E-state index contributed by atoms with van der Waals surface area (Å²) in [6, 6.07) is 0.470. The predicted octanol–water partition coefficient (Wildman–Crippen LogP) is 1.05. The first kappa shape index (κ1) is 13.9. The Morgan fingerprint density at radius 1 is 1.25 bits per heavy atom. The van der Waals surface area contributed by atoms with Gasteiger partial charge in [-0.15, -0.1) is 0 Å². The van der Waals surface area contributed by atoms with Crippen LogP contribution in [0.25, 0.3) is 0 Å². The summed E-state index contributed by atoms with van der Waals surface area (Å²) in [6.45, 7) is 8.89. The van der Waals surface area contributed by atoms with E-state index < -0.39 is 10.0 Å². The fourth-order valence-corrected chi connectivity index (χ4v) is 2.72. The molecule has 0 unspecified atom stereocenters. The maximum Gasteiger partial charge on any atom is 0.211 e. The maximum atomic E-state index is 11.3. The van der Waals surface area contributed by atoms with Gasteiger partial charge in [0.15, 0.2) is 0 Å². The topological polar surface area (TPSA) is 49.4 Å². The molecule has 1 aliphatic rings. The highest BCUT2D eigenvalue weighted by molar-refractivity contribution is 7.88. The van der Waals surface area contributed by atoms with Crippen LogP contribution < -0.4 is 5.32 Å². The van der Waals surface area contributed by atoms with E-state index in [1.54, 1.807) is 4.31 Å². The molecule has 0 aromatic carbocycles. The largest absolute Gasteiger partial charge is 0.313 e. The molecule has 1 heterocycles. The van der Waals surface area contributed by atoms with E-state index in [2.05, 4.69) is 26.1 Å². The second-order valence-corrected chi connectivity index (χ2v) is 7.86. The second-order valence-electron chi connectivity index (χ2n) is 5.88. The minimum absolute atomic E-state index is 0.286. The van der Waals surface area contributed by atoms with Crippen LogP contribution in [0.3, 0.4) is 0 Å². The van der Waals surface area contributed by atoms with Crippen LogP contribution in [0, 0.1) is 5.41 Å². The third-order valence-corrected chi connectivity index (χ3v) is 4.15. The van der Waals surface area contributed by atoms with Crippen molar-refractivity contribution in [3.05, 3.63) is 0 Å². The highest BCUT2D eigenvalue weighted by Gasteiger charge is 2.25. The van der Waals surface area contributed by atoms with Crippen molar-refractivity contribution in [2.75, 3.05) is 25.9 Å². The lowest BCUT2D eigenvalue weighted by molar-refractivity contribution is 0.265. The molecule has 0 bridgehead atoms. The van der Waals surface area contributed by atoms with Gasteiger partial charge in [-0.05, 0) is 18.3 Å². The van der Waals surface area contributed by atoms with E-state index in [4.69, 9.17) is 0 Å². The molecule has 4 nitrogen and oxygen atoms in total. The molecule has 5 heteroatoms. The summed E-state index contributed by atoms with van der Waals surface area (Å²) in [5.74, 6) is 0. The number of nitrogens with zero attached hydrogens (tertiary/aromatic N) is 1. The van der Waals surface area contributed by atoms with Crippen LogP contribution in [0.15, 0.2) is 0 Å². The Hall–Kier alpha value is -0.130. The average Bonchev–Trinajstić information content (AvgIpc) is 2.13. The fraction of sp³-hybridized carbons (Fsp3) is 1.00. The van der Waals surface area contributed by atoms with Crippen molar-refractivity contribution in [3.8, 4) is 0 Å². The third-order valence-electron chi connectivity index (χ3n) is 2.84. The van der Waals surface area contributed by atoms with Crippen LogP contribution in [0.4, 0.5) is 0 Å². The zero-order valence-electron chi connectivity index (χ0n) is 10.8. The Morgan fingerprint density at radius 2 is 1.75 bits per heavy atom. The summed E-state index contributed by atoms with van der Waals surface area (Å²) in [5.41, 5.74) is 0.286. The maximum absolute atomic E-state index is 11.3. The number of sulfonamides is 1. The molecular weight excluding hydrogens is 224 g/mol. The highest BCUT2D eigenvalue weighted by atomic mass is 32.2. The number of hydrogen-bond donors (Lipinski definition) is 1. The van der Waals surface area contributed by atoms with Gasteiger partial charge in [-0.3, -0.25) is 0 Å². The standard InChI is InChI=1S/C11H24N2O2S/c1-11(2,3)9-12-10-5-7-13(8-6-10)16(4,14)15/h10,12H,5-9H2,1-4H3. The second kappa shape index (κ2) is 5.02. The van der Waals surface area contributed by atoms with Crippen molar-refractivity contribution in [2.45, 2.75) is 39.7 Å². The van der Waals surface area contributed by atoms with Crippen molar-refractivity contribution >= 4 is 10.0 Å². The van der Waals surface area contributed by atoms with Crippen LogP contribution in [0.5, 0.6) is 0 Å². The summed E-state index contributed by atoms with van der Waals surface area (Å²) in [7, 11) is -2.99. The Balaban J connectivity index is 2.33. The number of rotatable bonds is 3. The zero-order valence-corrected chi connectivity index (χ0v) is 11.6. The van der Waals surface area contributed by atoms with Crippen molar-refractivity contribution in [3.63, 3.8) is 0 Å². The predicted molar refractivity (Wildman–Crippen MR) is 66.9 cm³/mol. The van der Waals surface area contributed by atoms with Crippen molar-refractivity contribution in [2.24, 2.45) is 5.41 Å². The lowest BCUT2D eigenvalue weighted by atomic mass is 9.95. The van der Waals surface area contributed by atoms with Gasteiger partial charge in [0.1, 0.15) is 0 Å². The van der Waals surface area contributed by atoms with Gasteiger partial charge < -0.3 is 5.32 Å². The van der Waals surface area contributed by atoms with Crippen LogP contribution >= 0.6 is 0 Å². The lowest BCUT2D eigenvalue weighted by Gasteiger charge is -2.32. The zero-order chi connectivity index (χ0) is 12.4. The Morgan fingerprint density at radius 3 is 2.12 bits per heavy atom. The van der Waals surface area contributed by atoms with E-state index in [-0.39, 0.29) is 5.41 Å². The van der Waals surface area contributed by atoms with E-state index in [0.29, 0.717) is 19.1 Å². The molecule has 1 saturated heterocycles. The summed E-state index contributed by atoms with van der Waals surface area (Å²) in [6.07, 6.45) is 3.13. The van der Waals surface area contributed by atoms with E-state index >= 15 is 0 Å². The Labute approximate surface area is 99.5 Å². The van der Waals surface area contributed by atoms with Crippen LogP contribution in [0.1, 0.15) is 33.6 Å². The lowest BCUT2D eigenvalue weighted by Crippen LogP contribution is -2.46. The molecule has 1 N–H and O–H groups in total. The summed E-state index contributed by atoms with van der Waals surface area (Å²) >= 11 is 0. The number of piperidine rings is 1. The molecule has 0 radical (unpaired) electrons. The minimum Gasteiger partial charge on any atom is -0.313 e. The molecular formula is C11H24N2O2S. The first-order chi connectivity index (χ1) is 7.18. The van der Waals surface area contributed by atoms with Gasteiger partial charge in [-0.2, -0.15) is 0 Å². The molecule has 16 heavy (non-hydrogen) atoms. The van der Waals surface area contributed by atoms with Crippen molar-refractivity contribution in [1.29, 1.82) is 0 Å². The van der Waals surface area contributed by atoms with Crippen LogP contribution in [0.2, 0.25) is 0 Å². The van der Waals surface area contributed by atoms with Gasteiger partial charge in [0, 0.05) is 25.7 Å². The summed E-state index contributed by atoms with van der Waals surface area (Å²) < 4.78 is 24.2. The molecule has 1 fully saturated rings. The van der Waals surface area contributed by atoms with E-state index in [1.807, 2.05) is 0 Å². The monoisotopic (exact) mass is 248 g/mol. The van der Waals surface area contributed by atoms with Gasteiger partial charge in [0.05, 0.1) is 6.26 Å². The van der Waals surface area contributed by atoms with Crippen molar-refractivity contribution in [1.82, 2.24) is 9.62 Å². The first-order valence-electron chi connectivity index (χ1n) is 5.87. The quantitative estimate of drug-likeness (QED) is 0.812. The fourth-order valence-electron chi connectivity index (χ4n) is 1.84. The molecule has 1 rings (SSSR count). The van der Waals surface area contributed by atoms with Gasteiger partial charge in [-0.1, -0.05) is 20.8 Å². The number of hydrogen-bond acceptors (Lipinski definition) is 3. The molecule has 0 amide bonds. The minimum atomic E-state index is -2.99. The molecule has 1 aliphatic heterocycles. The first-order valence-corrected chi connectivity index (χ1v) is 7.72.